The first-order valence-corrected chi connectivity index (χ1v) is 5.12. The first kappa shape index (κ1) is 8.10. The second-order valence-electron chi connectivity index (χ2n) is 2.90. The Bertz CT molecular complexity index is 277. The van der Waals surface area contributed by atoms with Gasteiger partial charge in [0.2, 0.25) is 0 Å². The van der Waals surface area contributed by atoms with Crippen molar-refractivity contribution in [3.05, 3.63) is 35.4 Å². The van der Waals surface area contributed by atoms with E-state index < -0.39 is 0 Å². The van der Waals surface area contributed by atoms with Gasteiger partial charge >= 0.3 is 0 Å². The summed E-state index contributed by atoms with van der Waals surface area (Å²) >= 11 is 1.85. The summed E-state index contributed by atoms with van der Waals surface area (Å²) in [6, 6.07) is 8.35. The fourth-order valence-corrected chi connectivity index (χ4v) is 2.58. The van der Waals surface area contributed by atoms with Crippen LogP contribution in [0.2, 0.25) is 0 Å². The molecule has 0 aliphatic carbocycles. The first-order valence-electron chi connectivity index (χ1n) is 3.97. The van der Waals surface area contributed by atoms with Crippen molar-refractivity contribution in [1.29, 1.82) is 0 Å². The number of hydrogen-bond acceptors (Lipinski definition) is 3. The van der Waals surface area contributed by atoms with Crippen LogP contribution in [0.15, 0.2) is 24.3 Å². The number of hydrogen-bond donors (Lipinski definition) is 2. The Kier molecular flexibility index (Phi) is 2.35. The summed E-state index contributed by atoms with van der Waals surface area (Å²) in [5.41, 5.74) is 4.91. The molecular weight excluding hydrogens is 170 g/mol. The van der Waals surface area contributed by atoms with Gasteiger partial charge in [-0.1, -0.05) is 24.3 Å². The number of fused-ring (bicyclic) bond motifs is 1. The van der Waals surface area contributed by atoms with E-state index in [1.165, 1.54) is 11.1 Å². The number of thioether (sulfide) groups is 1. The number of benzene rings is 1. The molecule has 3 heteroatoms. The summed E-state index contributed by atoms with van der Waals surface area (Å²) in [4.78, 5) is 0. The van der Waals surface area contributed by atoms with Gasteiger partial charge in [-0.15, -0.1) is 0 Å². The molecule has 1 unspecified atom stereocenters. The molecule has 1 aliphatic heterocycles. The molecule has 1 aromatic rings. The molecule has 0 amide bonds. The lowest BCUT2D eigenvalue weighted by Crippen LogP contribution is -2.23. The molecule has 1 heterocycles. The number of nitrogens with one attached hydrogen (secondary N) is 1. The predicted octanol–water partition coefficient (Wildman–Crippen LogP) is 1.95. The van der Waals surface area contributed by atoms with Crippen molar-refractivity contribution in [2.24, 2.45) is 0 Å². The van der Waals surface area contributed by atoms with E-state index in [1.54, 1.807) is 0 Å². The lowest BCUT2D eigenvalue weighted by atomic mass is 10.0. The van der Waals surface area contributed by atoms with Crippen LogP contribution in [-0.2, 0) is 5.75 Å². The SMILES string of the molecule is ONC1CSCc2ccccc21. The lowest BCUT2D eigenvalue weighted by Gasteiger charge is -2.23. The van der Waals surface area contributed by atoms with Crippen LogP contribution in [0, 0.1) is 0 Å². The quantitative estimate of drug-likeness (QED) is 0.649. The van der Waals surface area contributed by atoms with E-state index in [9.17, 15) is 0 Å². The first-order chi connectivity index (χ1) is 5.92. The van der Waals surface area contributed by atoms with E-state index in [-0.39, 0.29) is 6.04 Å². The van der Waals surface area contributed by atoms with Gasteiger partial charge in [0.05, 0.1) is 6.04 Å². The second-order valence-corrected chi connectivity index (χ2v) is 3.93. The molecule has 1 aromatic carbocycles. The highest BCUT2D eigenvalue weighted by Gasteiger charge is 2.18. The molecule has 0 spiro atoms. The van der Waals surface area contributed by atoms with E-state index in [1.807, 2.05) is 23.9 Å². The third kappa shape index (κ3) is 1.35. The topological polar surface area (TPSA) is 32.3 Å². The van der Waals surface area contributed by atoms with Gasteiger partial charge in [-0.05, 0) is 11.1 Å². The molecule has 64 valence electrons. The van der Waals surface area contributed by atoms with Crippen LogP contribution in [0.1, 0.15) is 17.2 Å². The fraction of sp³-hybridized carbons (Fsp3) is 0.333. The fourth-order valence-electron chi connectivity index (χ4n) is 1.49. The highest BCUT2D eigenvalue weighted by atomic mass is 32.2. The Hall–Kier alpha value is -0.510. The minimum absolute atomic E-state index is 0.111. The van der Waals surface area contributed by atoms with Crippen molar-refractivity contribution in [2.75, 3.05) is 5.75 Å². The molecule has 2 rings (SSSR count). The normalized spacial score (nSPS) is 21.9. The molecule has 0 bridgehead atoms. The van der Waals surface area contributed by atoms with E-state index >= 15 is 0 Å². The molecule has 0 radical (unpaired) electrons. The van der Waals surface area contributed by atoms with Crippen molar-refractivity contribution < 1.29 is 5.21 Å². The Balaban J connectivity index is 2.37. The van der Waals surface area contributed by atoms with Crippen molar-refractivity contribution in [3.63, 3.8) is 0 Å². The maximum Gasteiger partial charge on any atom is 0.0662 e. The van der Waals surface area contributed by atoms with Crippen LogP contribution in [0.4, 0.5) is 0 Å². The van der Waals surface area contributed by atoms with Gasteiger partial charge in [0.1, 0.15) is 0 Å². The van der Waals surface area contributed by atoms with Gasteiger partial charge < -0.3 is 5.21 Å². The van der Waals surface area contributed by atoms with E-state index in [0.717, 1.165) is 11.5 Å². The molecule has 2 nitrogen and oxygen atoms in total. The summed E-state index contributed by atoms with van der Waals surface area (Å²) in [6.07, 6.45) is 0. The molecule has 0 saturated carbocycles. The average molecular weight is 181 g/mol. The predicted molar refractivity (Wildman–Crippen MR) is 50.3 cm³/mol. The monoisotopic (exact) mass is 181 g/mol. The van der Waals surface area contributed by atoms with Crippen molar-refractivity contribution >= 4 is 11.8 Å². The zero-order valence-electron chi connectivity index (χ0n) is 6.66. The molecule has 1 aliphatic rings. The zero-order chi connectivity index (χ0) is 8.39. The molecule has 12 heavy (non-hydrogen) atoms. The maximum atomic E-state index is 8.87. The van der Waals surface area contributed by atoms with Gasteiger partial charge in [0, 0.05) is 11.5 Å². The summed E-state index contributed by atoms with van der Waals surface area (Å²) in [7, 11) is 0. The Morgan fingerprint density at radius 1 is 1.42 bits per heavy atom. The number of rotatable bonds is 1. The zero-order valence-corrected chi connectivity index (χ0v) is 7.47. The standard InChI is InChI=1S/C9H11NOS/c11-10-9-6-12-5-7-3-1-2-4-8(7)9/h1-4,9-11H,5-6H2. The van der Waals surface area contributed by atoms with Gasteiger partial charge in [-0.2, -0.15) is 17.2 Å². The minimum atomic E-state index is 0.111. The molecular formula is C9H11NOS. The molecule has 0 fully saturated rings. The molecule has 0 saturated heterocycles. The average Bonchev–Trinajstić information content (AvgIpc) is 2.17. The van der Waals surface area contributed by atoms with Crippen LogP contribution in [0.5, 0.6) is 0 Å². The van der Waals surface area contributed by atoms with Crippen molar-refractivity contribution in [1.82, 2.24) is 5.48 Å². The van der Waals surface area contributed by atoms with Crippen molar-refractivity contribution in [2.45, 2.75) is 11.8 Å². The highest BCUT2D eigenvalue weighted by Crippen LogP contribution is 2.30. The van der Waals surface area contributed by atoms with Crippen LogP contribution >= 0.6 is 11.8 Å². The van der Waals surface area contributed by atoms with Crippen LogP contribution in [0.25, 0.3) is 0 Å². The summed E-state index contributed by atoms with van der Waals surface area (Å²) in [5.74, 6) is 2.02. The number of hydroxylamine groups is 1. The summed E-state index contributed by atoms with van der Waals surface area (Å²) in [5, 5.41) is 8.87. The van der Waals surface area contributed by atoms with Gasteiger partial charge in [-0.3, -0.25) is 0 Å². The van der Waals surface area contributed by atoms with E-state index in [4.69, 9.17) is 5.21 Å². The van der Waals surface area contributed by atoms with Crippen LogP contribution in [-0.4, -0.2) is 11.0 Å². The Morgan fingerprint density at radius 3 is 3.08 bits per heavy atom. The highest BCUT2D eigenvalue weighted by molar-refractivity contribution is 7.98. The smallest absolute Gasteiger partial charge is 0.0662 e. The summed E-state index contributed by atoms with van der Waals surface area (Å²) in [6.45, 7) is 0. The van der Waals surface area contributed by atoms with Gasteiger partial charge in [0.15, 0.2) is 0 Å². The molecule has 1 atom stereocenters. The van der Waals surface area contributed by atoms with Crippen LogP contribution in [0.3, 0.4) is 0 Å². The summed E-state index contributed by atoms with van der Waals surface area (Å²) < 4.78 is 0. The Labute approximate surface area is 75.9 Å². The van der Waals surface area contributed by atoms with E-state index in [2.05, 4.69) is 17.6 Å². The largest absolute Gasteiger partial charge is 0.316 e. The molecule has 2 N–H and O–H groups in total. The van der Waals surface area contributed by atoms with Crippen molar-refractivity contribution in [3.8, 4) is 0 Å². The van der Waals surface area contributed by atoms with Crippen LogP contribution < -0.4 is 5.48 Å². The molecule has 0 aromatic heterocycles. The lowest BCUT2D eigenvalue weighted by molar-refractivity contribution is 0.134. The third-order valence-electron chi connectivity index (χ3n) is 2.13. The second kappa shape index (κ2) is 3.47. The maximum absolute atomic E-state index is 8.87. The van der Waals surface area contributed by atoms with Gasteiger partial charge in [-0.25, -0.2) is 0 Å². The third-order valence-corrected chi connectivity index (χ3v) is 3.21. The Morgan fingerprint density at radius 2 is 2.25 bits per heavy atom. The van der Waals surface area contributed by atoms with Gasteiger partial charge in [0.25, 0.3) is 0 Å². The van der Waals surface area contributed by atoms with E-state index in [0.29, 0.717) is 0 Å². The minimum Gasteiger partial charge on any atom is -0.316 e.